The maximum absolute atomic E-state index is 13.5. The Kier molecular flexibility index (Phi) is 3.49. The zero-order valence-corrected chi connectivity index (χ0v) is 10.9. The average Bonchev–Trinajstić information content (AvgIpc) is 2.72. The Morgan fingerprint density at radius 2 is 2.12 bits per heavy atom. The lowest BCUT2D eigenvalue weighted by atomic mass is 10.1. The first-order valence-electron chi connectivity index (χ1n) is 5.37. The van der Waals surface area contributed by atoms with Crippen LogP contribution in [-0.2, 0) is 0 Å². The quantitative estimate of drug-likeness (QED) is 0.860. The molecule has 17 heavy (non-hydrogen) atoms. The predicted octanol–water partition coefficient (Wildman–Crippen LogP) is 4.27. The van der Waals surface area contributed by atoms with E-state index in [1.807, 2.05) is 6.92 Å². The molecule has 1 atom stereocenters. The maximum atomic E-state index is 13.5. The Morgan fingerprint density at radius 3 is 2.76 bits per heavy atom. The van der Waals surface area contributed by atoms with Gasteiger partial charge in [0.05, 0.1) is 6.04 Å². The highest BCUT2D eigenvalue weighted by atomic mass is 79.9. The molecule has 2 nitrogen and oxygen atoms in total. The van der Waals surface area contributed by atoms with E-state index in [4.69, 9.17) is 10.2 Å². The lowest BCUT2D eigenvalue weighted by molar-refractivity contribution is 0.449. The Bertz CT molecular complexity index is 553. The molecule has 5 heteroatoms. The van der Waals surface area contributed by atoms with E-state index in [2.05, 4.69) is 15.9 Å². The number of nitrogens with two attached hydrogens (primary N) is 1. The van der Waals surface area contributed by atoms with Crippen LogP contribution >= 0.6 is 15.9 Å². The minimum Gasteiger partial charge on any atom is -0.456 e. The van der Waals surface area contributed by atoms with Gasteiger partial charge in [0, 0.05) is 9.86 Å². The Hall–Kier alpha value is -0.940. The van der Waals surface area contributed by atoms with Gasteiger partial charge in [0.15, 0.2) is 11.4 Å². The number of fused-ring (bicyclic) bond motifs is 1. The summed E-state index contributed by atoms with van der Waals surface area (Å²) in [6.45, 7) is 2.00. The summed E-state index contributed by atoms with van der Waals surface area (Å²) in [5.74, 6) is -1.43. The number of hydrogen-bond donors (Lipinski definition) is 1. The fraction of sp³-hybridized carbons (Fsp3) is 0.333. The predicted molar refractivity (Wildman–Crippen MR) is 65.7 cm³/mol. The third-order valence-electron chi connectivity index (χ3n) is 2.64. The minimum absolute atomic E-state index is 0.0848. The summed E-state index contributed by atoms with van der Waals surface area (Å²) in [7, 11) is 0. The standard InChI is InChI=1S/C12H12BrF2NO/c1-2-3-9(16)10-4-6-7(13)5-8(14)11(15)12(6)17-10/h4-5,9H,2-3,16H2,1H3. The normalized spacial score (nSPS) is 13.2. The van der Waals surface area contributed by atoms with Crippen molar-refractivity contribution in [3.8, 4) is 0 Å². The minimum atomic E-state index is -0.974. The van der Waals surface area contributed by atoms with Gasteiger partial charge in [0.2, 0.25) is 5.82 Å². The SMILES string of the molecule is CCCC(N)c1cc2c(Br)cc(F)c(F)c2o1. The average molecular weight is 304 g/mol. The molecule has 1 aromatic carbocycles. The molecule has 1 unspecified atom stereocenters. The molecule has 0 aliphatic heterocycles. The molecule has 0 amide bonds. The van der Waals surface area contributed by atoms with Crippen LogP contribution in [0.4, 0.5) is 8.78 Å². The summed E-state index contributed by atoms with van der Waals surface area (Å²) in [6.07, 6.45) is 1.64. The van der Waals surface area contributed by atoms with E-state index in [0.717, 1.165) is 18.9 Å². The Labute approximate surface area is 106 Å². The van der Waals surface area contributed by atoms with E-state index in [9.17, 15) is 8.78 Å². The van der Waals surface area contributed by atoms with Gasteiger partial charge in [0.1, 0.15) is 5.76 Å². The molecule has 1 aromatic heterocycles. The molecule has 0 saturated heterocycles. The second kappa shape index (κ2) is 4.74. The summed E-state index contributed by atoms with van der Waals surface area (Å²) < 4.78 is 32.4. The molecule has 2 aromatic rings. The van der Waals surface area contributed by atoms with Crippen LogP contribution in [0, 0.1) is 11.6 Å². The van der Waals surface area contributed by atoms with Gasteiger partial charge in [0.25, 0.3) is 0 Å². The topological polar surface area (TPSA) is 39.2 Å². The first-order valence-corrected chi connectivity index (χ1v) is 6.16. The number of halogens is 3. The van der Waals surface area contributed by atoms with Gasteiger partial charge in [-0.3, -0.25) is 0 Å². The van der Waals surface area contributed by atoms with Crippen LogP contribution in [0.15, 0.2) is 21.0 Å². The van der Waals surface area contributed by atoms with E-state index in [-0.39, 0.29) is 11.6 Å². The van der Waals surface area contributed by atoms with Crippen molar-refractivity contribution in [2.45, 2.75) is 25.8 Å². The summed E-state index contributed by atoms with van der Waals surface area (Å²) in [5.41, 5.74) is 5.80. The van der Waals surface area contributed by atoms with Gasteiger partial charge in [-0.1, -0.05) is 13.3 Å². The third kappa shape index (κ3) is 2.21. The van der Waals surface area contributed by atoms with Gasteiger partial charge < -0.3 is 10.2 Å². The summed E-state index contributed by atoms with van der Waals surface area (Å²) in [6, 6.07) is 2.45. The van der Waals surface area contributed by atoms with Gasteiger partial charge in [-0.15, -0.1) is 0 Å². The zero-order valence-electron chi connectivity index (χ0n) is 9.27. The highest BCUT2D eigenvalue weighted by Gasteiger charge is 2.18. The first kappa shape index (κ1) is 12.5. The fourth-order valence-corrected chi connectivity index (χ4v) is 2.24. The lowest BCUT2D eigenvalue weighted by Gasteiger charge is -2.04. The molecular formula is C12H12BrF2NO. The summed E-state index contributed by atoms with van der Waals surface area (Å²) >= 11 is 3.18. The molecule has 0 aliphatic rings. The van der Waals surface area contributed by atoms with Crippen molar-refractivity contribution in [1.82, 2.24) is 0 Å². The number of hydrogen-bond acceptors (Lipinski definition) is 2. The van der Waals surface area contributed by atoms with E-state index in [1.165, 1.54) is 0 Å². The van der Waals surface area contributed by atoms with E-state index in [1.54, 1.807) is 6.07 Å². The smallest absolute Gasteiger partial charge is 0.201 e. The molecule has 0 radical (unpaired) electrons. The van der Waals surface area contributed by atoms with Crippen molar-refractivity contribution < 1.29 is 13.2 Å². The van der Waals surface area contributed by atoms with Crippen molar-refractivity contribution in [2.24, 2.45) is 5.73 Å². The largest absolute Gasteiger partial charge is 0.456 e. The highest BCUT2D eigenvalue weighted by Crippen LogP contribution is 2.33. The van der Waals surface area contributed by atoms with Crippen molar-refractivity contribution in [2.75, 3.05) is 0 Å². The third-order valence-corrected chi connectivity index (χ3v) is 3.29. The molecule has 0 saturated carbocycles. The highest BCUT2D eigenvalue weighted by molar-refractivity contribution is 9.10. The Morgan fingerprint density at radius 1 is 1.41 bits per heavy atom. The van der Waals surface area contributed by atoms with Gasteiger partial charge in [-0.25, -0.2) is 4.39 Å². The second-order valence-corrected chi connectivity index (χ2v) is 4.80. The van der Waals surface area contributed by atoms with Crippen molar-refractivity contribution in [3.05, 3.63) is 34.0 Å². The van der Waals surface area contributed by atoms with Crippen LogP contribution in [0.5, 0.6) is 0 Å². The van der Waals surface area contributed by atoms with Crippen LogP contribution in [-0.4, -0.2) is 0 Å². The van der Waals surface area contributed by atoms with Crippen LogP contribution in [0.25, 0.3) is 11.0 Å². The van der Waals surface area contributed by atoms with Crippen molar-refractivity contribution in [3.63, 3.8) is 0 Å². The molecule has 1 heterocycles. The molecule has 0 fully saturated rings. The molecule has 0 spiro atoms. The molecule has 0 bridgehead atoms. The lowest BCUT2D eigenvalue weighted by Crippen LogP contribution is -2.08. The second-order valence-electron chi connectivity index (χ2n) is 3.94. The molecule has 92 valence electrons. The zero-order chi connectivity index (χ0) is 12.6. The number of rotatable bonds is 3. The van der Waals surface area contributed by atoms with E-state index >= 15 is 0 Å². The van der Waals surface area contributed by atoms with E-state index in [0.29, 0.717) is 15.6 Å². The Balaban J connectivity index is 2.57. The van der Waals surface area contributed by atoms with Crippen LogP contribution in [0.2, 0.25) is 0 Å². The van der Waals surface area contributed by atoms with Crippen LogP contribution in [0.1, 0.15) is 31.6 Å². The number of furan rings is 1. The summed E-state index contributed by atoms with van der Waals surface area (Å²) in [5, 5.41) is 0.505. The van der Waals surface area contributed by atoms with Gasteiger partial charge >= 0.3 is 0 Å². The molecule has 0 aliphatic carbocycles. The van der Waals surface area contributed by atoms with Crippen LogP contribution in [0.3, 0.4) is 0 Å². The maximum Gasteiger partial charge on any atom is 0.201 e. The van der Waals surface area contributed by atoms with Crippen LogP contribution < -0.4 is 5.73 Å². The fourth-order valence-electron chi connectivity index (χ4n) is 1.75. The molecule has 2 rings (SSSR count). The molecule has 2 N–H and O–H groups in total. The van der Waals surface area contributed by atoms with E-state index < -0.39 is 11.6 Å². The van der Waals surface area contributed by atoms with Crippen molar-refractivity contribution in [1.29, 1.82) is 0 Å². The van der Waals surface area contributed by atoms with Crippen molar-refractivity contribution >= 4 is 26.9 Å². The first-order chi connectivity index (χ1) is 8.04. The summed E-state index contributed by atoms with van der Waals surface area (Å²) in [4.78, 5) is 0. The van der Waals surface area contributed by atoms with Gasteiger partial charge in [-0.2, -0.15) is 4.39 Å². The van der Waals surface area contributed by atoms with Gasteiger partial charge in [-0.05, 0) is 34.5 Å². The number of benzene rings is 1. The monoisotopic (exact) mass is 303 g/mol. The molecular weight excluding hydrogens is 292 g/mol.